The fourth-order valence-corrected chi connectivity index (χ4v) is 2.26. The van der Waals surface area contributed by atoms with Gasteiger partial charge in [-0.2, -0.15) is 31.2 Å². The lowest BCUT2D eigenvalue weighted by molar-refractivity contribution is -0.790. The van der Waals surface area contributed by atoms with Crippen LogP contribution in [0.25, 0.3) is 0 Å². The fourth-order valence-electron chi connectivity index (χ4n) is 2.26. The Hall–Kier alpha value is -3.99. The first-order valence-corrected chi connectivity index (χ1v) is 11.9. The summed E-state index contributed by atoms with van der Waals surface area (Å²) in [5.41, 5.74) is 0. The van der Waals surface area contributed by atoms with Crippen LogP contribution in [-0.2, 0) is 58.8 Å². The minimum Gasteiger partial charge on any atom is -0.458 e. The fraction of sp³-hybridized carbons (Fsp3) is 0.391. The molecule has 0 aliphatic rings. The van der Waals surface area contributed by atoms with E-state index in [1.807, 2.05) is 0 Å². The van der Waals surface area contributed by atoms with Crippen LogP contribution in [0, 0.1) is 0 Å². The summed E-state index contributed by atoms with van der Waals surface area (Å²) in [5, 5.41) is 18.0. The Balaban J connectivity index is 5.42. The molecular weight excluding hydrogens is 753 g/mol. The number of carbonyl (C=O) groups excluding carboxylic acids is 2. The van der Waals surface area contributed by atoms with Crippen molar-refractivity contribution in [3.05, 3.63) is 71.9 Å². The first-order valence-electron chi connectivity index (χ1n) is 11.9. The van der Waals surface area contributed by atoms with Gasteiger partial charge in [-0.05, 0) is 25.2 Å². The van der Waals surface area contributed by atoms with E-state index in [0.29, 0.717) is 6.08 Å². The molecule has 0 aliphatic heterocycles. The van der Waals surface area contributed by atoms with Gasteiger partial charge >= 0.3 is 29.9 Å². The Morgan fingerprint density at radius 1 is 0.620 bits per heavy atom. The summed E-state index contributed by atoms with van der Waals surface area (Å²) in [5.74, 6) is -45.0. The Kier molecular flexibility index (Phi) is 19.6. The summed E-state index contributed by atoms with van der Waals surface area (Å²) >= 11 is 0. The second kappa shape index (κ2) is 21.3. The molecule has 0 aromatic heterocycles. The number of allylic oxidation sites excluding steroid dienone is 7. The summed E-state index contributed by atoms with van der Waals surface area (Å²) in [6.45, 7) is -1.42. The number of halogens is 15. The lowest BCUT2D eigenvalue weighted by Crippen LogP contribution is -2.57. The van der Waals surface area contributed by atoms with Crippen molar-refractivity contribution in [1.29, 1.82) is 0 Å². The van der Waals surface area contributed by atoms with Gasteiger partial charge in [-0.1, -0.05) is 13.2 Å². The van der Waals surface area contributed by atoms with Gasteiger partial charge in [0.05, 0.1) is 6.61 Å². The second-order valence-electron chi connectivity index (χ2n) is 7.80. The molecule has 0 rings (SSSR count). The second-order valence-corrected chi connectivity index (χ2v) is 7.80. The smallest absolute Gasteiger partial charge is 0.458 e. The Bertz CT molecular complexity index is 1320. The maximum absolute atomic E-state index is 14.7. The summed E-state index contributed by atoms with van der Waals surface area (Å²) in [6.07, 6.45) is -7.12. The molecule has 2 unspecified atom stereocenters. The van der Waals surface area contributed by atoms with Gasteiger partial charge in [-0.25, -0.2) is 54.0 Å². The van der Waals surface area contributed by atoms with E-state index >= 15 is 0 Å². The van der Waals surface area contributed by atoms with Gasteiger partial charge < -0.3 is 14.2 Å². The molecule has 0 spiro atoms. The molecule has 0 heterocycles. The first kappa shape index (κ1) is 46.0. The molecule has 12 nitrogen and oxygen atoms in total. The lowest BCUT2D eigenvalue weighted by Gasteiger charge is -2.32. The van der Waals surface area contributed by atoms with Crippen molar-refractivity contribution in [1.82, 2.24) is 0 Å². The van der Waals surface area contributed by atoms with E-state index in [0.717, 1.165) is 6.08 Å². The van der Waals surface area contributed by atoms with Crippen LogP contribution in [0.5, 0.6) is 0 Å². The third-order valence-electron chi connectivity index (χ3n) is 4.51. The van der Waals surface area contributed by atoms with Crippen LogP contribution in [0.15, 0.2) is 71.9 Å². The molecule has 0 aromatic carbocycles. The van der Waals surface area contributed by atoms with Gasteiger partial charge in [0.1, 0.15) is 26.5 Å². The Labute approximate surface area is 266 Å². The van der Waals surface area contributed by atoms with Crippen molar-refractivity contribution in [2.45, 2.75) is 24.1 Å². The highest BCUT2D eigenvalue weighted by atomic mass is 19.4. The van der Waals surface area contributed by atoms with Crippen LogP contribution >= 0.6 is 0 Å². The monoisotopic (exact) mass is 770 g/mol. The van der Waals surface area contributed by atoms with Crippen molar-refractivity contribution in [3.8, 4) is 0 Å². The number of ether oxygens (including phenoxy) is 3. The van der Waals surface area contributed by atoms with Gasteiger partial charge in [-0.3, -0.25) is 0 Å². The predicted molar refractivity (Wildman–Crippen MR) is 122 cm³/mol. The van der Waals surface area contributed by atoms with Gasteiger partial charge in [0.25, 0.3) is 0 Å². The number of hydrogen-bond acceptors (Lipinski definition) is 12. The highest BCUT2D eigenvalue weighted by Gasteiger charge is 2.75. The maximum atomic E-state index is 14.7. The average molecular weight is 770 g/mol. The topological polar surface area (TPSA) is 126 Å². The molecule has 0 aliphatic carbocycles. The molecule has 2 atom stereocenters. The Morgan fingerprint density at radius 3 is 1.60 bits per heavy atom. The minimum absolute atomic E-state index is 0.617. The molecule has 286 valence electrons. The van der Waals surface area contributed by atoms with Crippen LogP contribution in [0.1, 0.15) is 0 Å². The standard InChI is InChI=1S/C23H17F15O12/c1-3-12(39)41-8-10(45-13(40)4-2)9-44-47-49-50-48-46-43-6-5-42-21(33,22(34,35)23(36,37)38)20(32)19(31)18(30)17(29)16(28)15(27)14(26)11(25)7-24/h3-4,10H,1-2,5-9H2/b14-11+,16-15+,18-17+,20-19+. The van der Waals surface area contributed by atoms with Crippen molar-refractivity contribution >= 4 is 11.9 Å². The zero-order valence-electron chi connectivity index (χ0n) is 23.8. The Morgan fingerprint density at radius 2 is 1.10 bits per heavy atom. The van der Waals surface area contributed by atoms with Gasteiger partial charge in [0, 0.05) is 12.2 Å². The van der Waals surface area contributed by atoms with E-state index in [9.17, 15) is 75.4 Å². The molecule has 0 aromatic rings. The highest BCUT2D eigenvalue weighted by molar-refractivity contribution is 5.82. The van der Waals surface area contributed by atoms with Gasteiger partial charge in [-0.15, -0.1) is 0 Å². The number of carbonyl (C=O) groups is 2. The van der Waals surface area contributed by atoms with E-state index in [4.69, 9.17) is 0 Å². The van der Waals surface area contributed by atoms with E-state index in [1.54, 1.807) is 0 Å². The molecule has 0 radical (unpaired) electrons. The molecule has 0 saturated heterocycles. The third-order valence-corrected chi connectivity index (χ3v) is 4.51. The molecule has 0 fully saturated rings. The van der Waals surface area contributed by atoms with Crippen LogP contribution < -0.4 is 0 Å². The SMILES string of the molecule is C=CC(=O)OCC(COOOOOOOCCOC(F)(/C(F)=C(F)/C(F)=C(F)/C(F)=C(F)/C(F)=C(\F)CF)C(F)(F)C(F)(F)F)OC(=O)C=C. The first-order chi connectivity index (χ1) is 23.1. The van der Waals surface area contributed by atoms with Gasteiger partial charge in [0.15, 0.2) is 29.4 Å². The minimum atomic E-state index is -7.22. The van der Waals surface area contributed by atoms with E-state index in [-0.39, 0.29) is 0 Å². The van der Waals surface area contributed by atoms with Crippen molar-refractivity contribution in [2.75, 3.05) is 33.1 Å². The molecule has 27 heteroatoms. The maximum Gasteiger partial charge on any atom is 0.460 e. The zero-order chi connectivity index (χ0) is 38.9. The van der Waals surface area contributed by atoms with Crippen molar-refractivity contribution in [3.63, 3.8) is 0 Å². The average Bonchev–Trinajstić information content (AvgIpc) is 3.08. The van der Waals surface area contributed by atoms with E-state index in [2.05, 4.69) is 62.3 Å². The summed E-state index contributed by atoms with van der Waals surface area (Å²) in [6, 6.07) is 0. The largest absolute Gasteiger partial charge is 0.460 e. The molecule has 0 saturated carbocycles. The molecule has 0 amide bonds. The molecule has 0 N–H and O–H groups in total. The quantitative estimate of drug-likeness (QED) is 0.0205. The number of alkyl halides is 7. The highest BCUT2D eigenvalue weighted by Crippen LogP contribution is 2.51. The summed E-state index contributed by atoms with van der Waals surface area (Å²) in [4.78, 5) is 30.4. The third kappa shape index (κ3) is 13.4. The summed E-state index contributed by atoms with van der Waals surface area (Å²) in [7, 11) is 0. The van der Waals surface area contributed by atoms with E-state index < -0.39 is 116 Å². The number of rotatable bonds is 23. The van der Waals surface area contributed by atoms with Crippen LogP contribution in [0.4, 0.5) is 65.9 Å². The van der Waals surface area contributed by atoms with Crippen LogP contribution in [0.3, 0.4) is 0 Å². The van der Waals surface area contributed by atoms with Crippen LogP contribution in [0.2, 0.25) is 0 Å². The van der Waals surface area contributed by atoms with Crippen molar-refractivity contribution < 1.29 is 125 Å². The van der Waals surface area contributed by atoms with Crippen molar-refractivity contribution in [2.24, 2.45) is 0 Å². The normalized spacial score (nSPS) is 16.2. The van der Waals surface area contributed by atoms with E-state index in [1.165, 1.54) is 0 Å². The molecule has 0 bridgehead atoms. The summed E-state index contributed by atoms with van der Waals surface area (Å²) < 4.78 is 213. The molecular formula is C23H17F15O12. The van der Waals surface area contributed by atoms with Crippen LogP contribution in [-0.4, -0.2) is 69.1 Å². The number of esters is 2. The molecule has 50 heavy (non-hydrogen) atoms. The lowest BCUT2D eigenvalue weighted by atomic mass is 10.1. The van der Waals surface area contributed by atoms with Gasteiger partial charge in [0.2, 0.25) is 23.3 Å². The zero-order valence-corrected chi connectivity index (χ0v) is 23.8. The predicted octanol–water partition coefficient (Wildman–Crippen LogP) is 6.87. The number of hydrogen-bond donors (Lipinski definition) is 0.